The van der Waals surface area contributed by atoms with Crippen LogP contribution in [0.2, 0.25) is 0 Å². The van der Waals surface area contributed by atoms with Crippen molar-refractivity contribution in [1.82, 2.24) is 9.88 Å². The molecule has 2 heterocycles. The number of amides is 1. The number of likely N-dealkylation sites (tertiary alicyclic amines) is 1. The van der Waals surface area contributed by atoms with Gasteiger partial charge in [0.25, 0.3) is 5.91 Å². The highest BCUT2D eigenvalue weighted by molar-refractivity contribution is 9.10. The molecular formula is C15H17BrN2O3. The van der Waals surface area contributed by atoms with E-state index in [1.807, 2.05) is 0 Å². The largest absolute Gasteiger partial charge is 0.480 e. The third-order valence-corrected chi connectivity index (χ3v) is 5.05. The van der Waals surface area contributed by atoms with Crippen molar-refractivity contribution >= 4 is 27.8 Å². The van der Waals surface area contributed by atoms with Crippen LogP contribution in [0.5, 0.6) is 0 Å². The topological polar surface area (TPSA) is 70.5 Å². The van der Waals surface area contributed by atoms with Crippen molar-refractivity contribution in [2.45, 2.75) is 44.2 Å². The SMILES string of the molecule is O=C(O)C1CC2CCCCC2N1C(=O)c1ccc(Br)nc1. The minimum atomic E-state index is -0.900. The fraction of sp³-hybridized carbons (Fsp3) is 0.533. The Balaban J connectivity index is 1.90. The zero-order chi connectivity index (χ0) is 15.0. The van der Waals surface area contributed by atoms with Gasteiger partial charge in [0.05, 0.1) is 5.56 Å². The average Bonchev–Trinajstić information content (AvgIpc) is 2.87. The normalized spacial score (nSPS) is 28.2. The minimum Gasteiger partial charge on any atom is -0.480 e. The number of fused-ring (bicyclic) bond motifs is 1. The summed E-state index contributed by atoms with van der Waals surface area (Å²) in [5, 5.41) is 9.45. The van der Waals surface area contributed by atoms with Crippen molar-refractivity contribution in [3.05, 3.63) is 28.5 Å². The van der Waals surface area contributed by atoms with Crippen LogP contribution in [0, 0.1) is 5.92 Å². The summed E-state index contributed by atoms with van der Waals surface area (Å²) in [5.41, 5.74) is 0.454. The predicted molar refractivity (Wildman–Crippen MR) is 79.9 cm³/mol. The first-order valence-electron chi connectivity index (χ1n) is 7.25. The molecule has 0 bridgehead atoms. The summed E-state index contributed by atoms with van der Waals surface area (Å²) in [6.07, 6.45) is 6.21. The fourth-order valence-corrected chi connectivity index (χ4v) is 3.86. The van der Waals surface area contributed by atoms with Crippen LogP contribution in [0.15, 0.2) is 22.9 Å². The van der Waals surface area contributed by atoms with Crippen LogP contribution < -0.4 is 0 Å². The van der Waals surface area contributed by atoms with Crippen LogP contribution in [0.1, 0.15) is 42.5 Å². The number of aliphatic carboxylic acids is 1. The molecule has 1 N–H and O–H groups in total. The zero-order valence-corrected chi connectivity index (χ0v) is 13.1. The molecule has 2 fully saturated rings. The molecule has 112 valence electrons. The van der Waals surface area contributed by atoms with Gasteiger partial charge in [-0.05, 0) is 53.2 Å². The second-order valence-electron chi connectivity index (χ2n) is 5.78. The molecule has 3 unspecified atom stereocenters. The van der Waals surface area contributed by atoms with E-state index in [1.54, 1.807) is 17.0 Å². The second kappa shape index (κ2) is 5.75. The van der Waals surface area contributed by atoms with Crippen molar-refractivity contribution in [2.75, 3.05) is 0 Å². The lowest BCUT2D eigenvalue weighted by atomic mass is 9.84. The Morgan fingerprint density at radius 1 is 1.29 bits per heavy atom. The Labute approximate surface area is 131 Å². The summed E-state index contributed by atoms with van der Waals surface area (Å²) in [5.74, 6) is -0.785. The Morgan fingerprint density at radius 3 is 2.71 bits per heavy atom. The van der Waals surface area contributed by atoms with Gasteiger partial charge in [-0.2, -0.15) is 0 Å². The third-order valence-electron chi connectivity index (χ3n) is 4.58. The summed E-state index contributed by atoms with van der Waals surface area (Å²) in [7, 11) is 0. The number of carboxylic acids is 1. The highest BCUT2D eigenvalue weighted by Gasteiger charge is 2.47. The lowest BCUT2D eigenvalue weighted by molar-refractivity contribution is -0.141. The van der Waals surface area contributed by atoms with Crippen LogP contribution in [-0.2, 0) is 4.79 Å². The Morgan fingerprint density at radius 2 is 2.05 bits per heavy atom. The Hall–Kier alpha value is -1.43. The molecule has 1 saturated heterocycles. The molecule has 1 aromatic heterocycles. The third kappa shape index (κ3) is 2.69. The van der Waals surface area contributed by atoms with Crippen LogP contribution >= 0.6 is 15.9 Å². The first-order chi connectivity index (χ1) is 10.1. The first-order valence-corrected chi connectivity index (χ1v) is 8.04. The number of halogens is 1. The summed E-state index contributed by atoms with van der Waals surface area (Å²) in [6.45, 7) is 0. The van der Waals surface area contributed by atoms with Crippen LogP contribution in [0.25, 0.3) is 0 Å². The highest BCUT2D eigenvalue weighted by Crippen LogP contribution is 2.40. The van der Waals surface area contributed by atoms with E-state index in [1.165, 1.54) is 6.20 Å². The number of hydrogen-bond donors (Lipinski definition) is 1. The summed E-state index contributed by atoms with van der Waals surface area (Å²) in [4.78, 5) is 29.9. The van der Waals surface area contributed by atoms with E-state index in [2.05, 4.69) is 20.9 Å². The number of hydrogen-bond acceptors (Lipinski definition) is 3. The molecule has 0 radical (unpaired) electrons. The van der Waals surface area contributed by atoms with Gasteiger partial charge < -0.3 is 10.0 Å². The molecule has 3 rings (SSSR count). The number of pyridine rings is 1. The zero-order valence-electron chi connectivity index (χ0n) is 11.5. The number of carbonyl (C=O) groups is 2. The van der Waals surface area contributed by atoms with Gasteiger partial charge in [-0.3, -0.25) is 4.79 Å². The molecule has 6 heteroatoms. The van der Waals surface area contributed by atoms with Crippen LogP contribution in [0.4, 0.5) is 0 Å². The monoisotopic (exact) mass is 352 g/mol. The molecule has 1 aromatic rings. The summed E-state index contributed by atoms with van der Waals surface area (Å²) in [6, 6.07) is 2.76. The van der Waals surface area contributed by atoms with Crippen molar-refractivity contribution in [1.29, 1.82) is 0 Å². The van der Waals surface area contributed by atoms with Gasteiger partial charge >= 0.3 is 5.97 Å². The fourth-order valence-electron chi connectivity index (χ4n) is 3.62. The maximum absolute atomic E-state index is 12.7. The molecule has 1 aliphatic heterocycles. The van der Waals surface area contributed by atoms with E-state index in [9.17, 15) is 14.7 Å². The van der Waals surface area contributed by atoms with Crippen molar-refractivity contribution in [2.24, 2.45) is 5.92 Å². The van der Waals surface area contributed by atoms with E-state index < -0.39 is 12.0 Å². The van der Waals surface area contributed by atoms with Gasteiger partial charge in [0, 0.05) is 12.2 Å². The van der Waals surface area contributed by atoms with Crippen LogP contribution in [-0.4, -0.2) is 39.0 Å². The van der Waals surface area contributed by atoms with E-state index in [0.717, 1.165) is 25.7 Å². The molecule has 3 atom stereocenters. The number of carbonyl (C=O) groups excluding carboxylic acids is 1. The molecule has 1 amide bonds. The van der Waals surface area contributed by atoms with E-state index >= 15 is 0 Å². The van der Waals surface area contributed by atoms with E-state index in [0.29, 0.717) is 22.5 Å². The number of nitrogens with zero attached hydrogens (tertiary/aromatic N) is 2. The number of rotatable bonds is 2. The van der Waals surface area contributed by atoms with Gasteiger partial charge in [-0.25, -0.2) is 9.78 Å². The standard InChI is InChI=1S/C15H17BrN2O3/c16-13-6-5-10(8-17-13)14(19)18-11-4-2-1-3-9(11)7-12(18)15(20)21/h5-6,8-9,11-12H,1-4,7H2,(H,20,21). The van der Waals surface area contributed by atoms with Crippen molar-refractivity contribution < 1.29 is 14.7 Å². The summed E-state index contributed by atoms with van der Waals surface area (Å²) >= 11 is 3.24. The van der Waals surface area contributed by atoms with Gasteiger partial charge in [-0.1, -0.05) is 12.8 Å². The lowest BCUT2D eigenvalue weighted by Crippen LogP contribution is -2.46. The average molecular weight is 353 g/mol. The molecular weight excluding hydrogens is 336 g/mol. The first kappa shape index (κ1) is 14.5. The highest BCUT2D eigenvalue weighted by atomic mass is 79.9. The van der Waals surface area contributed by atoms with Crippen molar-refractivity contribution in [3.63, 3.8) is 0 Å². The molecule has 21 heavy (non-hydrogen) atoms. The van der Waals surface area contributed by atoms with E-state index in [4.69, 9.17) is 0 Å². The maximum atomic E-state index is 12.7. The van der Waals surface area contributed by atoms with Gasteiger partial charge in [0.1, 0.15) is 10.6 Å². The quantitative estimate of drug-likeness (QED) is 0.830. The molecule has 2 aliphatic rings. The predicted octanol–water partition coefficient (Wildman–Crippen LogP) is 2.70. The molecule has 0 aromatic carbocycles. The van der Waals surface area contributed by atoms with Crippen molar-refractivity contribution in [3.8, 4) is 0 Å². The number of carboxylic acid groups (broad SMARTS) is 1. The molecule has 1 saturated carbocycles. The van der Waals surface area contributed by atoms with E-state index in [-0.39, 0.29) is 11.9 Å². The smallest absolute Gasteiger partial charge is 0.326 e. The molecule has 0 spiro atoms. The molecule has 1 aliphatic carbocycles. The Kier molecular flexibility index (Phi) is 3.97. The van der Waals surface area contributed by atoms with Crippen LogP contribution in [0.3, 0.4) is 0 Å². The lowest BCUT2D eigenvalue weighted by Gasteiger charge is -2.33. The Bertz CT molecular complexity index is 561. The van der Waals surface area contributed by atoms with Gasteiger partial charge in [-0.15, -0.1) is 0 Å². The number of aromatic nitrogens is 1. The van der Waals surface area contributed by atoms with Gasteiger partial charge in [0.2, 0.25) is 0 Å². The summed E-state index contributed by atoms with van der Waals surface area (Å²) < 4.78 is 0.658. The molecule has 5 nitrogen and oxygen atoms in total. The second-order valence-corrected chi connectivity index (χ2v) is 6.60. The van der Waals surface area contributed by atoms with Gasteiger partial charge in [0.15, 0.2) is 0 Å². The minimum absolute atomic E-state index is 0.0657. The maximum Gasteiger partial charge on any atom is 0.326 e.